The number of hydrogen-bond acceptors (Lipinski definition) is 7. The summed E-state index contributed by atoms with van der Waals surface area (Å²) >= 11 is 12.3. The SMILES string of the molecule is CCOC(=O)c1cc(N2C[C@@H]3[C@H](C2)[C@H]3NC(=O)c2[nH]c(C)c(Cl)c2Cl)nc(N2CCCC2)n1. The number of carbonyl (C=O) groups excluding carboxylic acids is 2. The Morgan fingerprint density at radius 1 is 1.15 bits per heavy atom. The summed E-state index contributed by atoms with van der Waals surface area (Å²) in [5, 5.41) is 3.70. The molecule has 2 aromatic heterocycles. The molecule has 3 aliphatic rings. The number of rotatable bonds is 6. The predicted octanol–water partition coefficient (Wildman–Crippen LogP) is 3.06. The van der Waals surface area contributed by atoms with E-state index < -0.39 is 5.97 Å². The number of aromatic nitrogens is 3. The Labute approximate surface area is 201 Å². The molecule has 1 saturated carbocycles. The maximum absolute atomic E-state index is 12.7. The molecule has 0 aromatic carbocycles. The van der Waals surface area contributed by atoms with Gasteiger partial charge in [-0.3, -0.25) is 4.79 Å². The summed E-state index contributed by atoms with van der Waals surface area (Å²) in [6.45, 7) is 7.10. The number of ether oxygens (including phenoxy) is 1. The molecular weight excluding hydrogens is 467 g/mol. The van der Waals surface area contributed by atoms with E-state index in [4.69, 9.17) is 32.9 Å². The zero-order valence-electron chi connectivity index (χ0n) is 18.5. The molecule has 0 radical (unpaired) electrons. The van der Waals surface area contributed by atoms with Gasteiger partial charge >= 0.3 is 5.97 Å². The number of carbonyl (C=O) groups is 2. The van der Waals surface area contributed by atoms with Gasteiger partial charge in [0.2, 0.25) is 5.95 Å². The van der Waals surface area contributed by atoms with Crippen molar-refractivity contribution in [3.05, 3.63) is 33.2 Å². The fourth-order valence-electron chi connectivity index (χ4n) is 4.83. The van der Waals surface area contributed by atoms with Gasteiger partial charge in [-0.1, -0.05) is 23.2 Å². The minimum atomic E-state index is -0.437. The van der Waals surface area contributed by atoms with Crippen LogP contribution in [0.25, 0.3) is 0 Å². The molecule has 2 aromatic rings. The van der Waals surface area contributed by atoms with Gasteiger partial charge in [0, 0.05) is 55.8 Å². The van der Waals surface area contributed by atoms with Crippen LogP contribution in [-0.2, 0) is 4.74 Å². The van der Waals surface area contributed by atoms with Gasteiger partial charge in [0.05, 0.1) is 16.7 Å². The van der Waals surface area contributed by atoms with E-state index >= 15 is 0 Å². The number of piperidine rings is 1. The lowest BCUT2D eigenvalue weighted by molar-refractivity contribution is 0.0519. The van der Waals surface area contributed by atoms with Crippen molar-refractivity contribution in [3.8, 4) is 0 Å². The maximum Gasteiger partial charge on any atom is 0.357 e. The summed E-state index contributed by atoms with van der Waals surface area (Å²) < 4.78 is 5.18. The maximum atomic E-state index is 12.7. The Morgan fingerprint density at radius 3 is 2.45 bits per heavy atom. The number of fused-ring (bicyclic) bond motifs is 1. The zero-order valence-corrected chi connectivity index (χ0v) is 20.0. The van der Waals surface area contributed by atoms with Crippen LogP contribution in [0.1, 0.15) is 46.4 Å². The first-order chi connectivity index (χ1) is 15.9. The van der Waals surface area contributed by atoms with Crippen LogP contribution in [0.15, 0.2) is 6.07 Å². The van der Waals surface area contributed by atoms with Crippen molar-refractivity contribution in [2.75, 3.05) is 42.6 Å². The number of amides is 1. The molecule has 33 heavy (non-hydrogen) atoms. The Kier molecular flexibility index (Phi) is 5.86. The molecule has 0 spiro atoms. The molecule has 3 fully saturated rings. The number of aromatic amines is 1. The lowest BCUT2D eigenvalue weighted by Gasteiger charge is -2.24. The second-order valence-electron chi connectivity index (χ2n) is 8.81. The summed E-state index contributed by atoms with van der Waals surface area (Å²) in [7, 11) is 0. The van der Waals surface area contributed by atoms with Crippen molar-refractivity contribution in [2.24, 2.45) is 11.8 Å². The van der Waals surface area contributed by atoms with Crippen LogP contribution in [0.4, 0.5) is 11.8 Å². The van der Waals surface area contributed by atoms with Crippen LogP contribution in [0.2, 0.25) is 10.0 Å². The highest BCUT2D eigenvalue weighted by atomic mass is 35.5. The van der Waals surface area contributed by atoms with Gasteiger partial charge in [-0.25, -0.2) is 9.78 Å². The molecule has 176 valence electrons. The van der Waals surface area contributed by atoms with Gasteiger partial charge in [0.1, 0.15) is 11.5 Å². The first-order valence-corrected chi connectivity index (χ1v) is 12.0. The van der Waals surface area contributed by atoms with Crippen LogP contribution in [0.5, 0.6) is 0 Å². The van der Waals surface area contributed by atoms with Gasteiger partial charge in [-0.15, -0.1) is 0 Å². The molecule has 1 aliphatic carbocycles. The Balaban J connectivity index is 1.28. The van der Waals surface area contributed by atoms with E-state index in [9.17, 15) is 9.59 Å². The number of hydrogen-bond donors (Lipinski definition) is 2. The van der Waals surface area contributed by atoms with Gasteiger partial charge in [-0.05, 0) is 26.7 Å². The van der Waals surface area contributed by atoms with E-state index in [1.54, 1.807) is 19.9 Å². The monoisotopic (exact) mass is 492 g/mol. The van der Waals surface area contributed by atoms with E-state index in [2.05, 4.69) is 25.1 Å². The molecule has 2 aliphatic heterocycles. The lowest BCUT2D eigenvalue weighted by atomic mass is 10.3. The van der Waals surface area contributed by atoms with E-state index in [0.29, 0.717) is 40.8 Å². The highest BCUT2D eigenvalue weighted by Gasteiger charge is 2.57. The molecule has 1 amide bonds. The topological polar surface area (TPSA) is 103 Å². The smallest absolute Gasteiger partial charge is 0.357 e. The summed E-state index contributed by atoms with van der Waals surface area (Å²) in [5.74, 6) is 1.25. The zero-order chi connectivity index (χ0) is 23.3. The van der Waals surface area contributed by atoms with E-state index in [-0.39, 0.29) is 22.7 Å². The largest absolute Gasteiger partial charge is 0.461 e. The van der Waals surface area contributed by atoms with Gasteiger partial charge in [0.25, 0.3) is 5.91 Å². The Bertz CT molecular complexity index is 1090. The number of aryl methyl sites for hydroxylation is 1. The molecule has 2 N–H and O–H groups in total. The fraction of sp³-hybridized carbons (Fsp3) is 0.545. The Morgan fingerprint density at radius 2 is 1.85 bits per heavy atom. The van der Waals surface area contributed by atoms with Crippen molar-refractivity contribution >= 4 is 46.8 Å². The molecule has 0 bridgehead atoms. The van der Waals surface area contributed by atoms with Crippen LogP contribution < -0.4 is 15.1 Å². The molecular formula is C22H26Cl2N6O3. The van der Waals surface area contributed by atoms with Gasteiger partial charge in [-0.2, -0.15) is 4.98 Å². The molecule has 9 nitrogen and oxygen atoms in total. The number of nitrogens with one attached hydrogen (secondary N) is 2. The summed E-state index contributed by atoms with van der Waals surface area (Å²) in [5.41, 5.74) is 1.25. The third-order valence-electron chi connectivity index (χ3n) is 6.67. The van der Waals surface area contributed by atoms with E-state index in [0.717, 1.165) is 44.8 Å². The van der Waals surface area contributed by atoms with Crippen molar-refractivity contribution in [2.45, 2.75) is 32.7 Å². The van der Waals surface area contributed by atoms with Crippen LogP contribution in [0.3, 0.4) is 0 Å². The average Bonchev–Trinajstić information content (AvgIpc) is 3.28. The quantitative estimate of drug-likeness (QED) is 0.597. The van der Waals surface area contributed by atoms with Gasteiger partial charge in [0.15, 0.2) is 5.69 Å². The third-order valence-corrected chi connectivity index (χ3v) is 7.62. The van der Waals surface area contributed by atoms with Crippen molar-refractivity contribution < 1.29 is 14.3 Å². The first-order valence-electron chi connectivity index (χ1n) is 11.3. The summed E-state index contributed by atoms with van der Waals surface area (Å²) in [4.78, 5) is 41.5. The van der Waals surface area contributed by atoms with E-state index in [1.165, 1.54) is 0 Å². The van der Waals surface area contributed by atoms with Crippen LogP contribution in [-0.4, -0.2) is 65.7 Å². The van der Waals surface area contributed by atoms with E-state index in [1.807, 2.05) is 0 Å². The van der Waals surface area contributed by atoms with Crippen molar-refractivity contribution in [1.82, 2.24) is 20.3 Å². The second kappa shape index (κ2) is 8.68. The lowest BCUT2D eigenvalue weighted by Crippen LogP contribution is -2.35. The minimum absolute atomic E-state index is 0.0802. The minimum Gasteiger partial charge on any atom is -0.461 e. The predicted molar refractivity (Wildman–Crippen MR) is 125 cm³/mol. The van der Waals surface area contributed by atoms with Crippen LogP contribution >= 0.6 is 23.2 Å². The highest BCUT2D eigenvalue weighted by molar-refractivity contribution is 6.44. The van der Waals surface area contributed by atoms with Crippen LogP contribution in [0, 0.1) is 18.8 Å². The number of esters is 1. The summed E-state index contributed by atoms with van der Waals surface area (Å²) in [6.07, 6.45) is 2.18. The van der Waals surface area contributed by atoms with Crippen molar-refractivity contribution in [3.63, 3.8) is 0 Å². The second-order valence-corrected chi connectivity index (χ2v) is 9.57. The molecule has 0 unspecified atom stereocenters. The molecule has 11 heteroatoms. The Hall–Kier alpha value is -2.52. The highest BCUT2D eigenvalue weighted by Crippen LogP contribution is 2.47. The standard InChI is InChI=1S/C22H26Cl2N6O3/c1-3-33-21(32)14-8-15(27-22(26-14)29-6-4-5-7-29)30-9-12-13(10-30)18(12)28-20(31)19-17(24)16(23)11(2)25-19/h8,12-13,18,25H,3-7,9-10H2,1-2H3,(H,28,31)/t12-,13+,18+. The molecule has 5 rings (SSSR count). The molecule has 4 heterocycles. The average molecular weight is 493 g/mol. The number of H-pyrrole nitrogens is 1. The third kappa shape index (κ3) is 4.12. The van der Waals surface area contributed by atoms with Gasteiger partial charge < -0.3 is 24.8 Å². The molecule has 2 saturated heterocycles. The normalized spacial score (nSPS) is 23.6. The summed E-state index contributed by atoms with van der Waals surface area (Å²) in [6, 6.07) is 1.79. The fourth-order valence-corrected chi connectivity index (χ4v) is 5.25. The number of halogens is 2. The first kappa shape index (κ1) is 22.3. The molecule has 3 atom stereocenters. The van der Waals surface area contributed by atoms with Crippen molar-refractivity contribution in [1.29, 1.82) is 0 Å². The number of nitrogens with zero attached hydrogens (tertiary/aromatic N) is 4. The number of anilines is 2.